The Morgan fingerprint density at radius 2 is 1.90 bits per heavy atom. The highest BCUT2D eigenvalue weighted by Gasteiger charge is 2.11. The van der Waals surface area contributed by atoms with Crippen molar-refractivity contribution in [2.45, 2.75) is 6.54 Å². The van der Waals surface area contributed by atoms with E-state index < -0.39 is 0 Å². The molecule has 0 bridgehead atoms. The van der Waals surface area contributed by atoms with Crippen molar-refractivity contribution in [3.05, 3.63) is 84.7 Å². The van der Waals surface area contributed by atoms with Gasteiger partial charge >= 0.3 is 0 Å². The predicted molar refractivity (Wildman–Crippen MR) is 112 cm³/mol. The zero-order chi connectivity index (χ0) is 20.1. The number of nitrogens with zero attached hydrogens (tertiary/aromatic N) is 2. The number of pyridine rings is 1. The minimum atomic E-state index is -0.281. The van der Waals surface area contributed by atoms with Crippen molar-refractivity contribution in [2.75, 3.05) is 19.0 Å². The highest BCUT2D eigenvalue weighted by atomic mass is 16.5. The van der Waals surface area contributed by atoms with Gasteiger partial charge in [-0.05, 0) is 35.9 Å². The molecule has 0 spiro atoms. The summed E-state index contributed by atoms with van der Waals surface area (Å²) in [6.07, 6.45) is 3.64. The summed E-state index contributed by atoms with van der Waals surface area (Å²) < 4.78 is 13.1. The van der Waals surface area contributed by atoms with Crippen molar-refractivity contribution >= 4 is 22.5 Å². The third-order valence-electron chi connectivity index (χ3n) is 4.57. The first-order valence-electron chi connectivity index (χ1n) is 9.28. The first-order valence-corrected chi connectivity index (χ1v) is 9.28. The summed E-state index contributed by atoms with van der Waals surface area (Å²) in [6.45, 7) is 0.663. The second kappa shape index (κ2) is 8.48. The molecule has 4 rings (SSSR count). The number of carbonyl (C=O) groups is 1. The SMILES string of the molecule is COc1ncccc1NC(=O)COc1cccc2c1ccn2Cc1ccccc1. The molecule has 0 atom stereocenters. The van der Waals surface area contributed by atoms with Crippen LogP contribution in [-0.4, -0.2) is 29.2 Å². The zero-order valence-electron chi connectivity index (χ0n) is 16.0. The van der Waals surface area contributed by atoms with Crippen LogP contribution in [0.15, 0.2) is 79.1 Å². The zero-order valence-corrected chi connectivity index (χ0v) is 16.0. The van der Waals surface area contributed by atoms with Gasteiger partial charge < -0.3 is 19.4 Å². The maximum atomic E-state index is 12.3. The number of carbonyl (C=O) groups excluding carboxylic acids is 1. The molecule has 0 unspecified atom stereocenters. The molecule has 0 aliphatic heterocycles. The van der Waals surface area contributed by atoms with Crippen LogP contribution in [0.25, 0.3) is 10.9 Å². The molecule has 2 aromatic heterocycles. The number of ether oxygens (including phenoxy) is 2. The fraction of sp³-hybridized carbons (Fsp3) is 0.130. The number of nitrogens with one attached hydrogen (secondary N) is 1. The summed E-state index contributed by atoms with van der Waals surface area (Å²) in [6, 6.07) is 21.6. The number of anilines is 1. The molecule has 0 fully saturated rings. The third kappa shape index (κ3) is 4.21. The summed E-state index contributed by atoms with van der Waals surface area (Å²) in [7, 11) is 1.51. The van der Waals surface area contributed by atoms with E-state index in [1.165, 1.54) is 12.7 Å². The van der Waals surface area contributed by atoms with Gasteiger partial charge in [-0.1, -0.05) is 36.4 Å². The van der Waals surface area contributed by atoms with Crippen LogP contribution in [0.3, 0.4) is 0 Å². The van der Waals surface area contributed by atoms with Crippen LogP contribution in [0.2, 0.25) is 0 Å². The van der Waals surface area contributed by atoms with Gasteiger partial charge in [0.2, 0.25) is 5.88 Å². The van der Waals surface area contributed by atoms with E-state index in [1.807, 2.05) is 48.7 Å². The highest BCUT2D eigenvalue weighted by Crippen LogP contribution is 2.27. The van der Waals surface area contributed by atoms with Gasteiger partial charge in [-0.25, -0.2) is 4.98 Å². The Hall–Kier alpha value is -3.80. The summed E-state index contributed by atoms with van der Waals surface area (Å²) in [5.41, 5.74) is 2.79. The molecule has 146 valence electrons. The van der Waals surface area contributed by atoms with Gasteiger partial charge in [0.15, 0.2) is 6.61 Å². The van der Waals surface area contributed by atoms with E-state index in [9.17, 15) is 4.79 Å². The van der Waals surface area contributed by atoms with E-state index >= 15 is 0 Å². The Morgan fingerprint density at radius 1 is 1.03 bits per heavy atom. The molecule has 0 saturated carbocycles. The molecule has 4 aromatic rings. The lowest BCUT2D eigenvalue weighted by Crippen LogP contribution is -2.20. The first-order chi connectivity index (χ1) is 14.2. The second-order valence-corrected chi connectivity index (χ2v) is 6.52. The van der Waals surface area contributed by atoms with E-state index in [-0.39, 0.29) is 12.5 Å². The Balaban J connectivity index is 1.46. The molecule has 1 amide bonds. The molecule has 2 heterocycles. The minimum Gasteiger partial charge on any atom is -0.483 e. The Kier molecular flexibility index (Phi) is 5.42. The maximum Gasteiger partial charge on any atom is 0.262 e. The van der Waals surface area contributed by atoms with Crippen molar-refractivity contribution < 1.29 is 14.3 Å². The minimum absolute atomic E-state index is 0.110. The molecular formula is C23H21N3O3. The van der Waals surface area contributed by atoms with E-state index in [0.717, 1.165) is 17.4 Å². The van der Waals surface area contributed by atoms with Crippen LogP contribution in [0.4, 0.5) is 5.69 Å². The van der Waals surface area contributed by atoms with Gasteiger partial charge in [0.25, 0.3) is 5.91 Å². The Labute approximate surface area is 168 Å². The van der Waals surface area contributed by atoms with Crippen LogP contribution in [0, 0.1) is 0 Å². The normalized spacial score (nSPS) is 10.7. The van der Waals surface area contributed by atoms with E-state index in [1.54, 1.807) is 18.3 Å². The summed E-state index contributed by atoms with van der Waals surface area (Å²) >= 11 is 0. The lowest BCUT2D eigenvalue weighted by Gasteiger charge is -2.11. The third-order valence-corrected chi connectivity index (χ3v) is 4.57. The van der Waals surface area contributed by atoms with Crippen LogP contribution < -0.4 is 14.8 Å². The van der Waals surface area contributed by atoms with Crippen LogP contribution >= 0.6 is 0 Å². The lowest BCUT2D eigenvalue weighted by atomic mass is 10.2. The largest absolute Gasteiger partial charge is 0.483 e. The summed E-state index contributed by atoms with van der Waals surface area (Å²) in [4.78, 5) is 16.4. The fourth-order valence-electron chi connectivity index (χ4n) is 3.22. The van der Waals surface area contributed by atoms with Gasteiger partial charge in [0, 0.05) is 24.3 Å². The lowest BCUT2D eigenvalue weighted by molar-refractivity contribution is -0.118. The molecule has 0 aliphatic carbocycles. The molecular weight excluding hydrogens is 366 g/mol. The molecule has 0 radical (unpaired) electrons. The van der Waals surface area contributed by atoms with Crippen LogP contribution in [0.5, 0.6) is 11.6 Å². The van der Waals surface area contributed by atoms with Gasteiger partial charge in [0.1, 0.15) is 11.4 Å². The molecule has 2 aromatic carbocycles. The number of fused-ring (bicyclic) bond motifs is 1. The average molecular weight is 387 g/mol. The van der Waals surface area contributed by atoms with Gasteiger partial charge in [-0.3, -0.25) is 4.79 Å². The standard InChI is InChI=1S/C23H21N3O3/c1-28-23-19(9-6-13-24-23)25-22(27)16-29-21-11-5-10-20-18(21)12-14-26(20)15-17-7-3-2-4-8-17/h2-14H,15-16H2,1H3,(H,25,27). The van der Waals surface area contributed by atoms with Crippen molar-refractivity contribution in [1.29, 1.82) is 0 Å². The van der Waals surface area contributed by atoms with Crippen molar-refractivity contribution in [3.63, 3.8) is 0 Å². The highest BCUT2D eigenvalue weighted by molar-refractivity contribution is 5.93. The summed E-state index contributed by atoms with van der Waals surface area (Å²) in [5, 5.41) is 3.73. The Bertz CT molecular complexity index is 1120. The van der Waals surface area contributed by atoms with Crippen molar-refractivity contribution in [1.82, 2.24) is 9.55 Å². The first kappa shape index (κ1) is 18.6. The fourth-order valence-corrected chi connectivity index (χ4v) is 3.22. The second-order valence-electron chi connectivity index (χ2n) is 6.52. The predicted octanol–water partition coefficient (Wildman–Crippen LogP) is 4.11. The molecule has 0 aliphatic rings. The maximum absolute atomic E-state index is 12.3. The molecule has 0 saturated heterocycles. The number of amides is 1. The smallest absolute Gasteiger partial charge is 0.262 e. The number of benzene rings is 2. The van der Waals surface area contributed by atoms with E-state index in [0.29, 0.717) is 17.3 Å². The molecule has 6 nitrogen and oxygen atoms in total. The monoisotopic (exact) mass is 387 g/mol. The van der Waals surface area contributed by atoms with Crippen LogP contribution in [0.1, 0.15) is 5.56 Å². The molecule has 29 heavy (non-hydrogen) atoms. The number of methoxy groups -OCH3 is 1. The number of hydrogen-bond acceptors (Lipinski definition) is 4. The average Bonchev–Trinajstić information content (AvgIpc) is 3.17. The number of hydrogen-bond donors (Lipinski definition) is 1. The van der Waals surface area contributed by atoms with Gasteiger partial charge in [-0.15, -0.1) is 0 Å². The molecule has 1 N–H and O–H groups in total. The number of rotatable bonds is 7. The van der Waals surface area contributed by atoms with Crippen molar-refractivity contribution in [2.24, 2.45) is 0 Å². The van der Waals surface area contributed by atoms with Gasteiger partial charge in [0.05, 0.1) is 12.6 Å². The number of aromatic nitrogens is 2. The molecule has 6 heteroatoms. The van der Waals surface area contributed by atoms with Crippen LogP contribution in [-0.2, 0) is 11.3 Å². The van der Waals surface area contributed by atoms with Gasteiger partial charge in [-0.2, -0.15) is 0 Å². The van der Waals surface area contributed by atoms with E-state index in [4.69, 9.17) is 9.47 Å². The Morgan fingerprint density at radius 3 is 2.72 bits per heavy atom. The quantitative estimate of drug-likeness (QED) is 0.518. The van der Waals surface area contributed by atoms with E-state index in [2.05, 4.69) is 27.0 Å². The van der Waals surface area contributed by atoms with Crippen molar-refractivity contribution in [3.8, 4) is 11.6 Å². The summed E-state index contributed by atoms with van der Waals surface area (Å²) in [5.74, 6) is 0.751. The topological polar surface area (TPSA) is 65.4 Å².